The van der Waals surface area contributed by atoms with Gasteiger partial charge in [-0.2, -0.15) is 0 Å². The largest absolute Gasteiger partial charge is 0.489 e. The third kappa shape index (κ3) is 5.15. The first-order valence-electron chi connectivity index (χ1n) is 9.56. The molecule has 3 aromatic carbocycles. The summed E-state index contributed by atoms with van der Waals surface area (Å²) in [5.74, 6) is -0.271. The van der Waals surface area contributed by atoms with E-state index in [1.165, 1.54) is 6.07 Å². The maximum absolute atomic E-state index is 13.9. The summed E-state index contributed by atoms with van der Waals surface area (Å²) in [4.78, 5) is 26.3. The smallest absolute Gasteiger partial charge is 0.293 e. The number of carbonyl (C=O) groups excluding carboxylic acids is 2. The van der Waals surface area contributed by atoms with Gasteiger partial charge in [-0.15, -0.1) is 0 Å². The Labute approximate surface area is 198 Å². The highest BCUT2D eigenvalue weighted by molar-refractivity contribution is 8.18. The highest BCUT2D eigenvalue weighted by atomic mass is 35.5. The van der Waals surface area contributed by atoms with E-state index in [0.717, 1.165) is 27.8 Å². The van der Waals surface area contributed by atoms with Crippen LogP contribution in [0.3, 0.4) is 0 Å². The first-order chi connectivity index (χ1) is 15.4. The number of halogens is 3. The van der Waals surface area contributed by atoms with Crippen LogP contribution in [0.15, 0.2) is 71.6 Å². The van der Waals surface area contributed by atoms with Gasteiger partial charge in [0.25, 0.3) is 11.1 Å². The topological polar surface area (TPSA) is 46.6 Å². The van der Waals surface area contributed by atoms with Crippen LogP contribution in [0.1, 0.15) is 16.7 Å². The van der Waals surface area contributed by atoms with E-state index < -0.39 is 17.0 Å². The van der Waals surface area contributed by atoms with Crippen LogP contribution in [-0.4, -0.2) is 16.0 Å². The molecule has 8 heteroatoms. The summed E-state index contributed by atoms with van der Waals surface area (Å²) in [6.45, 7) is 0.180. The first-order valence-corrected chi connectivity index (χ1v) is 11.1. The minimum absolute atomic E-state index is 0.102. The molecular weight excluding hydrogens is 472 g/mol. The Morgan fingerprint density at radius 2 is 1.72 bits per heavy atom. The normalized spacial score (nSPS) is 15.0. The number of nitrogens with zero attached hydrogens (tertiary/aromatic N) is 1. The van der Waals surface area contributed by atoms with Gasteiger partial charge in [0, 0.05) is 21.2 Å². The molecule has 1 aliphatic rings. The number of amides is 2. The molecule has 0 aliphatic carbocycles. The molecule has 0 N–H and O–H groups in total. The molecule has 0 atom stereocenters. The Bertz CT molecular complexity index is 1210. The van der Waals surface area contributed by atoms with Crippen molar-refractivity contribution in [1.29, 1.82) is 0 Å². The van der Waals surface area contributed by atoms with E-state index in [-0.39, 0.29) is 18.1 Å². The van der Waals surface area contributed by atoms with E-state index in [1.54, 1.807) is 66.7 Å². The Morgan fingerprint density at radius 3 is 2.44 bits per heavy atom. The van der Waals surface area contributed by atoms with Gasteiger partial charge in [-0.1, -0.05) is 59.6 Å². The third-order valence-corrected chi connectivity index (χ3v) is 6.24. The molecule has 1 saturated heterocycles. The summed E-state index contributed by atoms with van der Waals surface area (Å²) in [6.07, 6.45) is 1.63. The van der Waals surface area contributed by atoms with Crippen molar-refractivity contribution in [1.82, 2.24) is 4.90 Å². The van der Waals surface area contributed by atoms with Gasteiger partial charge in [-0.05, 0) is 53.7 Å². The second-order valence-electron chi connectivity index (χ2n) is 6.95. The fourth-order valence-corrected chi connectivity index (χ4v) is 4.35. The van der Waals surface area contributed by atoms with E-state index in [1.807, 2.05) is 0 Å². The van der Waals surface area contributed by atoms with Gasteiger partial charge in [-0.25, -0.2) is 4.39 Å². The van der Waals surface area contributed by atoms with Crippen LogP contribution >= 0.6 is 35.0 Å². The van der Waals surface area contributed by atoms with Gasteiger partial charge >= 0.3 is 0 Å². The van der Waals surface area contributed by atoms with Crippen molar-refractivity contribution in [3.05, 3.63) is 104 Å². The molecular formula is C24H16Cl2FNO3S. The average molecular weight is 488 g/mol. The van der Waals surface area contributed by atoms with Crippen molar-refractivity contribution in [2.75, 3.05) is 0 Å². The lowest BCUT2D eigenvalue weighted by Crippen LogP contribution is -2.27. The molecule has 0 unspecified atom stereocenters. The molecule has 3 aromatic rings. The summed E-state index contributed by atoms with van der Waals surface area (Å²) < 4.78 is 19.6. The number of thioether (sulfide) groups is 1. The van der Waals surface area contributed by atoms with Crippen molar-refractivity contribution in [3.8, 4) is 5.75 Å². The van der Waals surface area contributed by atoms with E-state index in [2.05, 4.69) is 0 Å². The van der Waals surface area contributed by atoms with Crippen LogP contribution in [0.25, 0.3) is 6.08 Å². The highest BCUT2D eigenvalue weighted by Crippen LogP contribution is 2.34. The van der Waals surface area contributed by atoms with Crippen LogP contribution in [0.5, 0.6) is 5.75 Å². The summed E-state index contributed by atoms with van der Waals surface area (Å²) in [5.41, 5.74) is 1.83. The molecule has 0 radical (unpaired) electrons. The average Bonchev–Trinajstić information content (AvgIpc) is 3.03. The second kappa shape index (κ2) is 9.77. The maximum atomic E-state index is 13.9. The zero-order valence-corrected chi connectivity index (χ0v) is 18.9. The number of ether oxygens (including phenoxy) is 1. The van der Waals surface area contributed by atoms with Crippen molar-refractivity contribution in [2.24, 2.45) is 0 Å². The summed E-state index contributed by atoms with van der Waals surface area (Å²) in [7, 11) is 0. The lowest BCUT2D eigenvalue weighted by atomic mass is 10.2. The molecule has 2 amide bonds. The molecule has 32 heavy (non-hydrogen) atoms. The second-order valence-corrected chi connectivity index (χ2v) is 8.79. The zero-order chi connectivity index (χ0) is 22.7. The number of carbonyl (C=O) groups is 2. The zero-order valence-electron chi connectivity index (χ0n) is 16.6. The van der Waals surface area contributed by atoms with E-state index in [4.69, 9.17) is 27.9 Å². The molecule has 1 heterocycles. The first kappa shape index (κ1) is 22.4. The summed E-state index contributed by atoms with van der Waals surface area (Å²) in [6, 6.07) is 18.4. The Balaban J connectivity index is 1.42. The predicted octanol–water partition coefficient (Wildman–Crippen LogP) is 6.95. The van der Waals surface area contributed by atoms with Crippen LogP contribution < -0.4 is 4.74 Å². The lowest BCUT2D eigenvalue weighted by Gasteiger charge is -2.12. The standard InChI is InChI=1S/C24H16Cl2FNO3S/c25-18-8-7-17(20(26)12-18)14-31-19-9-5-15(6-10-19)11-22-23(29)28(24(30)32-22)13-16-3-1-2-4-21(16)27/h1-12H,13-14H2/b22-11+. The molecule has 4 nitrogen and oxygen atoms in total. The van der Waals surface area contributed by atoms with Gasteiger partial charge in [0.05, 0.1) is 11.4 Å². The van der Waals surface area contributed by atoms with Gasteiger partial charge in [0.1, 0.15) is 18.2 Å². The molecule has 0 aromatic heterocycles. The number of imide groups is 1. The minimum Gasteiger partial charge on any atom is -0.489 e. The SMILES string of the molecule is O=C1S/C(=C/c2ccc(OCc3ccc(Cl)cc3Cl)cc2)C(=O)N1Cc1ccccc1F. The van der Waals surface area contributed by atoms with Crippen LogP contribution in [0.2, 0.25) is 10.0 Å². The van der Waals surface area contributed by atoms with Gasteiger partial charge in [0.15, 0.2) is 0 Å². The molecule has 0 spiro atoms. The Kier molecular flexibility index (Phi) is 6.84. The van der Waals surface area contributed by atoms with E-state index in [9.17, 15) is 14.0 Å². The number of hydrogen-bond donors (Lipinski definition) is 0. The lowest BCUT2D eigenvalue weighted by molar-refractivity contribution is -0.123. The Morgan fingerprint density at radius 1 is 0.969 bits per heavy atom. The van der Waals surface area contributed by atoms with Gasteiger partial charge in [-0.3, -0.25) is 14.5 Å². The number of rotatable bonds is 6. The molecule has 0 bridgehead atoms. The van der Waals surface area contributed by atoms with Crippen molar-refractivity contribution >= 4 is 52.2 Å². The number of benzene rings is 3. The van der Waals surface area contributed by atoms with Gasteiger partial charge < -0.3 is 4.74 Å². The summed E-state index contributed by atoms with van der Waals surface area (Å²) in [5, 5.41) is 0.658. The van der Waals surface area contributed by atoms with Crippen molar-refractivity contribution < 1.29 is 18.7 Å². The maximum Gasteiger partial charge on any atom is 0.293 e. The molecule has 4 rings (SSSR count). The highest BCUT2D eigenvalue weighted by Gasteiger charge is 2.35. The van der Waals surface area contributed by atoms with Crippen molar-refractivity contribution in [2.45, 2.75) is 13.2 Å². The summed E-state index contributed by atoms with van der Waals surface area (Å²) >= 11 is 12.9. The minimum atomic E-state index is -0.453. The Hall–Kier alpha value is -2.80. The molecule has 1 aliphatic heterocycles. The van der Waals surface area contributed by atoms with E-state index >= 15 is 0 Å². The third-order valence-electron chi connectivity index (χ3n) is 4.75. The quantitative estimate of drug-likeness (QED) is 0.353. The van der Waals surface area contributed by atoms with Gasteiger partial charge in [0.2, 0.25) is 0 Å². The van der Waals surface area contributed by atoms with E-state index in [0.29, 0.717) is 21.4 Å². The molecule has 0 saturated carbocycles. The fourth-order valence-electron chi connectivity index (χ4n) is 3.04. The fraction of sp³-hybridized carbons (Fsp3) is 0.0833. The van der Waals surface area contributed by atoms with Crippen molar-refractivity contribution in [3.63, 3.8) is 0 Å². The monoisotopic (exact) mass is 487 g/mol. The van der Waals surface area contributed by atoms with Crippen LogP contribution in [0, 0.1) is 5.82 Å². The molecule has 162 valence electrons. The number of hydrogen-bond acceptors (Lipinski definition) is 4. The predicted molar refractivity (Wildman–Crippen MR) is 125 cm³/mol. The van der Waals surface area contributed by atoms with Crippen LogP contribution in [-0.2, 0) is 17.9 Å². The van der Waals surface area contributed by atoms with Crippen LogP contribution in [0.4, 0.5) is 9.18 Å². The molecule has 1 fully saturated rings.